The van der Waals surface area contributed by atoms with Gasteiger partial charge in [0.05, 0.1) is 26.8 Å². The summed E-state index contributed by atoms with van der Waals surface area (Å²) < 4.78 is 16.3. The maximum absolute atomic E-state index is 5.68. The molecule has 0 aliphatic carbocycles. The molecule has 0 unspecified atom stereocenters. The van der Waals surface area contributed by atoms with Crippen LogP contribution in [-0.4, -0.2) is 57.4 Å². The number of hydrogen-bond acceptors (Lipinski definition) is 6. The second-order valence-electron chi connectivity index (χ2n) is 8.72. The minimum Gasteiger partial charge on any atom is -0.497 e. The second kappa shape index (κ2) is 10.2. The van der Waals surface area contributed by atoms with Crippen molar-refractivity contribution in [2.45, 2.75) is 6.54 Å². The summed E-state index contributed by atoms with van der Waals surface area (Å²) in [6.07, 6.45) is 0. The average molecular weight is 470 g/mol. The van der Waals surface area contributed by atoms with Gasteiger partial charge < -0.3 is 19.1 Å². The molecule has 1 saturated heterocycles. The zero-order valence-corrected chi connectivity index (χ0v) is 20.5. The molecule has 1 aliphatic heterocycles. The Labute approximate surface area is 206 Å². The number of para-hydroxylation sites is 1. The number of rotatable bonds is 7. The van der Waals surface area contributed by atoms with Crippen LogP contribution < -0.4 is 19.1 Å². The lowest BCUT2D eigenvalue weighted by Crippen LogP contribution is -2.46. The van der Waals surface area contributed by atoms with E-state index in [1.165, 1.54) is 5.56 Å². The van der Waals surface area contributed by atoms with E-state index in [0.717, 1.165) is 77.8 Å². The van der Waals surface area contributed by atoms with Gasteiger partial charge in [-0.2, -0.15) is 0 Å². The summed E-state index contributed by atoms with van der Waals surface area (Å²) in [4.78, 5) is 10.0. The fourth-order valence-electron chi connectivity index (χ4n) is 4.68. The van der Waals surface area contributed by atoms with Gasteiger partial charge in [0, 0.05) is 55.3 Å². The van der Waals surface area contributed by atoms with E-state index in [2.05, 4.69) is 52.3 Å². The first-order valence-electron chi connectivity index (χ1n) is 11.9. The topological polar surface area (TPSA) is 47.1 Å². The van der Waals surface area contributed by atoms with Gasteiger partial charge in [-0.05, 0) is 42.0 Å². The molecule has 6 heteroatoms. The zero-order valence-electron chi connectivity index (χ0n) is 20.5. The van der Waals surface area contributed by atoms with Gasteiger partial charge in [0.15, 0.2) is 0 Å². The fraction of sp³-hybridized carbons (Fsp3) is 0.276. The largest absolute Gasteiger partial charge is 0.497 e. The van der Waals surface area contributed by atoms with Crippen molar-refractivity contribution in [3.05, 3.63) is 78.4 Å². The summed E-state index contributed by atoms with van der Waals surface area (Å²) in [5, 5.41) is 1.11. The molecule has 5 rings (SSSR count). The molecule has 1 aromatic heterocycles. The van der Waals surface area contributed by atoms with Crippen LogP contribution in [-0.2, 0) is 6.54 Å². The van der Waals surface area contributed by atoms with Crippen LogP contribution >= 0.6 is 0 Å². The van der Waals surface area contributed by atoms with E-state index in [1.54, 1.807) is 21.3 Å². The molecular weight excluding hydrogens is 438 g/mol. The van der Waals surface area contributed by atoms with Crippen LogP contribution in [0, 0.1) is 0 Å². The first-order valence-corrected chi connectivity index (χ1v) is 11.9. The molecule has 0 radical (unpaired) electrons. The number of hydrogen-bond donors (Lipinski definition) is 0. The number of piperazine rings is 1. The first-order chi connectivity index (χ1) is 17.2. The summed E-state index contributed by atoms with van der Waals surface area (Å²) in [7, 11) is 5.05. The molecular formula is C29H31N3O3. The van der Waals surface area contributed by atoms with Crippen LogP contribution in [0.2, 0.25) is 0 Å². The van der Waals surface area contributed by atoms with Crippen molar-refractivity contribution in [3.63, 3.8) is 0 Å². The second-order valence-corrected chi connectivity index (χ2v) is 8.72. The van der Waals surface area contributed by atoms with Gasteiger partial charge in [0.2, 0.25) is 0 Å². The van der Waals surface area contributed by atoms with E-state index in [1.807, 2.05) is 30.3 Å². The standard InChI is InChI=1S/C29H31N3O3/c1-33-23-10-7-21(8-11-23)20-31-15-17-32(18-16-31)28-14-9-22-5-4-6-26(29(22)30-28)25-13-12-24(34-2)19-27(25)35-3/h4-14,19H,15-18,20H2,1-3H3. The van der Waals surface area contributed by atoms with Crippen molar-refractivity contribution in [1.29, 1.82) is 0 Å². The SMILES string of the molecule is COc1ccc(CN2CCN(c3ccc4cccc(-c5ccc(OC)cc5OC)c4n3)CC2)cc1. The Balaban J connectivity index is 1.36. The third kappa shape index (κ3) is 4.88. The van der Waals surface area contributed by atoms with E-state index in [9.17, 15) is 0 Å². The van der Waals surface area contributed by atoms with Crippen LogP contribution in [0.5, 0.6) is 17.2 Å². The lowest BCUT2D eigenvalue weighted by atomic mass is 10.0. The summed E-state index contributed by atoms with van der Waals surface area (Å²) >= 11 is 0. The number of methoxy groups -OCH3 is 3. The molecule has 4 aromatic rings. The minimum absolute atomic E-state index is 0.770. The maximum atomic E-state index is 5.68. The normalized spacial score (nSPS) is 14.2. The van der Waals surface area contributed by atoms with Gasteiger partial charge in [-0.1, -0.05) is 30.3 Å². The van der Waals surface area contributed by atoms with E-state index >= 15 is 0 Å². The Bertz CT molecular complexity index is 1300. The number of ether oxygens (including phenoxy) is 3. The summed E-state index contributed by atoms with van der Waals surface area (Å²) in [5.41, 5.74) is 4.35. The molecule has 180 valence electrons. The van der Waals surface area contributed by atoms with E-state index in [-0.39, 0.29) is 0 Å². The van der Waals surface area contributed by atoms with E-state index in [0.29, 0.717) is 0 Å². The third-order valence-electron chi connectivity index (χ3n) is 6.67. The molecule has 0 bridgehead atoms. The van der Waals surface area contributed by atoms with Crippen LogP contribution in [0.4, 0.5) is 5.82 Å². The molecule has 2 heterocycles. The maximum Gasteiger partial charge on any atom is 0.130 e. The highest BCUT2D eigenvalue weighted by Gasteiger charge is 2.19. The van der Waals surface area contributed by atoms with Crippen LogP contribution in [0.15, 0.2) is 72.8 Å². The number of benzene rings is 3. The number of fused-ring (bicyclic) bond motifs is 1. The molecule has 1 aliphatic rings. The van der Waals surface area contributed by atoms with Crippen molar-refractivity contribution < 1.29 is 14.2 Å². The average Bonchev–Trinajstić information content (AvgIpc) is 2.93. The molecule has 0 spiro atoms. The van der Waals surface area contributed by atoms with Crippen molar-refractivity contribution >= 4 is 16.7 Å². The van der Waals surface area contributed by atoms with Gasteiger partial charge in [-0.25, -0.2) is 4.98 Å². The molecule has 0 N–H and O–H groups in total. The predicted molar refractivity (Wildman–Crippen MR) is 141 cm³/mol. The summed E-state index contributed by atoms with van der Waals surface area (Å²) in [5.74, 6) is 3.46. The highest BCUT2D eigenvalue weighted by molar-refractivity contribution is 5.96. The fourth-order valence-corrected chi connectivity index (χ4v) is 4.68. The quantitative estimate of drug-likeness (QED) is 0.368. The molecule has 1 fully saturated rings. The lowest BCUT2D eigenvalue weighted by molar-refractivity contribution is 0.249. The molecule has 0 atom stereocenters. The molecule has 0 amide bonds. The minimum atomic E-state index is 0.770. The van der Waals surface area contributed by atoms with Crippen molar-refractivity contribution in [2.75, 3.05) is 52.4 Å². The van der Waals surface area contributed by atoms with Crippen LogP contribution in [0.1, 0.15) is 5.56 Å². The van der Waals surface area contributed by atoms with E-state index in [4.69, 9.17) is 19.2 Å². The zero-order chi connectivity index (χ0) is 24.2. The number of anilines is 1. The van der Waals surface area contributed by atoms with Gasteiger partial charge in [0.1, 0.15) is 23.1 Å². The highest BCUT2D eigenvalue weighted by atomic mass is 16.5. The molecule has 6 nitrogen and oxygen atoms in total. The Morgan fingerprint density at radius 1 is 0.714 bits per heavy atom. The summed E-state index contributed by atoms with van der Waals surface area (Å²) in [6.45, 7) is 4.84. The first kappa shape index (κ1) is 23.0. The highest BCUT2D eigenvalue weighted by Crippen LogP contribution is 2.37. The van der Waals surface area contributed by atoms with Gasteiger partial charge in [-0.3, -0.25) is 4.90 Å². The van der Waals surface area contributed by atoms with Crippen LogP contribution in [0.3, 0.4) is 0 Å². The van der Waals surface area contributed by atoms with Gasteiger partial charge >= 0.3 is 0 Å². The Morgan fingerprint density at radius 3 is 2.17 bits per heavy atom. The Hall–Kier alpha value is -3.77. The van der Waals surface area contributed by atoms with Gasteiger partial charge in [0.25, 0.3) is 0 Å². The molecule has 0 saturated carbocycles. The predicted octanol–water partition coefficient (Wildman–Crippen LogP) is 5.25. The third-order valence-corrected chi connectivity index (χ3v) is 6.67. The summed E-state index contributed by atoms with van der Waals surface area (Å²) in [6, 6.07) is 24.9. The number of pyridine rings is 1. The van der Waals surface area contributed by atoms with Crippen molar-refractivity contribution in [2.24, 2.45) is 0 Å². The molecule has 35 heavy (non-hydrogen) atoms. The van der Waals surface area contributed by atoms with Crippen molar-refractivity contribution in [3.8, 4) is 28.4 Å². The number of nitrogens with zero attached hydrogens (tertiary/aromatic N) is 3. The number of aromatic nitrogens is 1. The Kier molecular flexibility index (Phi) is 6.73. The lowest BCUT2D eigenvalue weighted by Gasteiger charge is -2.35. The van der Waals surface area contributed by atoms with E-state index < -0.39 is 0 Å². The van der Waals surface area contributed by atoms with Crippen molar-refractivity contribution in [1.82, 2.24) is 9.88 Å². The molecule has 3 aromatic carbocycles. The van der Waals surface area contributed by atoms with Crippen LogP contribution in [0.25, 0.3) is 22.0 Å². The smallest absolute Gasteiger partial charge is 0.130 e. The Morgan fingerprint density at radius 2 is 1.46 bits per heavy atom. The monoisotopic (exact) mass is 469 g/mol. The van der Waals surface area contributed by atoms with Gasteiger partial charge in [-0.15, -0.1) is 0 Å².